The van der Waals surface area contributed by atoms with Gasteiger partial charge in [0.1, 0.15) is 5.92 Å². The first-order chi connectivity index (χ1) is 14.6. The lowest BCUT2D eigenvalue weighted by Crippen LogP contribution is -2.38. The summed E-state index contributed by atoms with van der Waals surface area (Å²) < 4.78 is 0. The molecule has 2 aliphatic heterocycles. The Labute approximate surface area is 175 Å². The molecule has 2 fully saturated rings. The number of aryl methyl sites for hydroxylation is 2. The van der Waals surface area contributed by atoms with Crippen molar-refractivity contribution in [3.8, 4) is 0 Å². The number of benzene rings is 3. The standard InChI is InChI=1S/C25H22N2O3/c1-16-10-9-11-17(2)21(16)26-24(28)20-22(18-12-5-3-6-13-18)27(30-23(20)25(26)29)19-14-7-4-8-15-19/h3-15,20,22-23H,1-2H3/t20-,22+,23-/m1/s1. The first-order valence-corrected chi connectivity index (χ1v) is 10.1. The number of imide groups is 1. The molecular formula is C25H22N2O3. The van der Waals surface area contributed by atoms with E-state index in [1.807, 2.05) is 92.7 Å². The molecule has 0 unspecified atom stereocenters. The fourth-order valence-corrected chi connectivity index (χ4v) is 4.58. The van der Waals surface area contributed by atoms with Crippen LogP contribution < -0.4 is 9.96 Å². The number of anilines is 2. The first kappa shape index (κ1) is 18.6. The summed E-state index contributed by atoms with van der Waals surface area (Å²) in [7, 11) is 0. The van der Waals surface area contributed by atoms with Gasteiger partial charge in [-0.2, -0.15) is 0 Å². The van der Waals surface area contributed by atoms with E-state index in [-0.39, 0.29) is 17.9 Å². The molecule has 0 bridgehead atoms. The molecule has 2 saturated heterocycles. The summed E-state index contributed by atoms with van der Waals surface area (Å²) in [5.41, 5.74) is 4.22. The highest BCUT2D eigenvalue weighted by Gasteiger charge is 2.60. The summed E-state index contributed by atoms with van der Waals surface area (Å²) in [4.78, 5) is 34.6. The van der Waals surface area contributed by atoms with Gasteiger partial charge >= 0.3 is 0 Å². The van der Waals surface area contributed by atoms with Crippen molar-refractivity contribution in [2.24, 2.45) is 5.92 Å². The highest BCUT2D eigenvalue weighted by atomic mass is 16.7. The summed E-state index contributed by atoms with van der Waals surface area (Å²) in [5.74, 6) is -1.13. The molecule has 3 atom stereocenters. The summed E-state index contributed by atoms with van der Waals surface area (Å²) in [6, 6.07) is 24.8. The number of hydrogen-bond donors (Lipinski definition) is 0. The molecule has 0 saturated carbocycles. The van der Waals surface area contributed by atoms with Gasteiger partial charge in [0.05, 0.1) is 17.4 Å². The van der Waals surface area contributed by atoms with Crippen molar-refractivity contribution >= 4 is 23.2 Å². The van der Waals surface area contributed by atoms with E-state index in [1.165, 1.54) is 4.90 Å². The molecule has 2 amide bonds. The number of hydrogen-bond acceptors (Lipinski definition) is 4. The number of para-hydroxylation sites is 2. The van der Waals surface area contributed by atoms with Crippen LogP contribution >= 0.6 is 0 Å². The molecule has 5 heteroatoms. The number of carbonyl (C=O) groups is 2. The van der Waals surface area contributed by atoms with E-state index in [9.17, 15) is 9.59 Å². The van der Waals surface area contributed by atoms with Gasteiger partial charge < -0.3 is 0 Å². The zero-order chi connectivity index (χ0) is 20.8. The Morgan fingerprint density at radius 1 is 0.733 bits per heavy atom. The van der Waals surface area contributed by atoms with E-state index in [1.54, 1.807) is 5.06 Å². The van der Waals surface area contributed by atoms with Crippen molar-refractivity contribution in [1.29, 1.82) is 0 Å². The van der Waals surface area contributed by atoms with E-state index in [0.29, 0.717) is 5.69 Å². The predicted molar refractivity (Wildman–Crippen MR) is 115 cm³/mol. The third-order valence-corrected chi connectivity index (χ3v) is 5.93. The highest BCUT2D eigenvalue weighted by molar-refractivity contribution is 6.24. The summed E-state index contributed by atoms with van der Waals surface area (Å²) in [5, 5.41) is 1.72. The maximum Gasteiger partial charge on any atom is 0.266 e. The van der Waals surface area contributed by atoms with Gasteiger partial charge in [-0.1, -0.05) is 66.7 Å². The Hall–Kier alpha value is -3.44. The second-order valence-corrected chi connectivity index (χ2v) is 7.82. The van der Waals surface area contributed by atoms with Crippen LogP contribution in [0.5, 0.6) is 0 Å². The predicted octanol–water partition coefficient (Wildman–Crippen LogP) is 4.35. The Bertz CT molecular complexity index is 1090. The van der Waals surface area contributed by atoms with Gasteiger partial charge in [0.25, 0.3) is 5.91 Å². The molecule has 3 aromatic carbocycles. The topological polar surface area (TPSA) is 49.9 Å². The fraction of sp³-hybridized carbons (Fsp3) is 0.200. The van der Waals surface area contributed by atoms with Crippen LogP contribution in [0.1, 0.15) is 22.7 Å². The Morgan fingerprint density at radius 3 is 1.97 bits per heavy atom. The van der Waals surface area contributed by atoms with Crippen molar-refractivity contribution in [3.63, 3.8) is 0 Å². The molecule has 2 aliphatic rings. The lowest BCUT2D eigenvalue weighted by molar-refractivity contribution is -0.126. The Balaban J connectivity index is 1.61. The van der Waals surface area contributed by atoms with Gasteiger partial charge in [0.2, 0.25) is 5.91 Å². The van der Waals surface area contributed by atoms with Crippen LogP contribution in [0.25, 0.3) is 0 Å². The number of amides is 2. The molecule has 0 N–H and O–H groups in total. The van der Waals surface area contributed by atoms with Crippen molar-refractivity contribution in [3.05, 3.63) is 95.6 Å². The number of nitrogens with zero attached hydrogens (tertiary/aromatic N) is 2. The smallest absolute Gasteiger partial charge is 0.266 e. The molecule has 0 aromatic heterocycles. The molecule has 0 radical (unpaired) electrons. The maximum atomic E-state index is 13.7. The SMILES string of the molecule is Cc1cccc(C)c1N1C(=O)[C@H]2[C@@H](ON(c3ccccc3)[C@H]2c2ccccc2)C1=O. The second-order valence-electron chi connectivity index (χ2n) is 7.82. The highest BCUT2D eigenvalue weighted by Crippen LogP contribution is 2.48. The van der Waals surface area contributed by atoms with Crippen LogP contribution in [0.2, 0.25) is 0 Å². The Morgan fingerprint density at radius 2 is 1.33 bits per heavy atom. The molecule has 30 heavy (non-hydrogen) atoms. The minimum Gasteiger partial charge on any atom is -0.273 e. The summed E-state index contributed by atoms with van der Waals surface area (Å²) >= 11 is 0. The first-order valence-electron chi connectivity index (χ1n) is 10.1. The Kier molecular flexibility index (Phi) is 4.40. The molecule has 0 spiro atoms. The van der Waals surface area contributed by atoms with Crippen molar-refractivity contribution < 1.29 is 14.4 Å². The molecule has 2 heterocycles. The molecule has 0 aliphatic carbocycles. The van der Waals surface area contributed by atoms with Crippen LogP contribution in [0.15, 0.2) is 78.9 Å². The van der Waals surface area contributed by atoms with Gasteiger partial charge in [0, 0.05) is 0 Å². The fourth-order valence-electron chi connectivity index (χ4n) is 4.58. The van der Waals surface area contributed by atoms with Gasteiger partial charge in [-0.25, -0.2) is 9.96 Å². The van der Waals surface area contributed by atoms with Crippen molar-refractivity contribution in [2.45, 2.75) is 26.0 Å². The van der Waals surface area contributed by atoms with Crippen molar-refractivity contribution in [1.82, 2.24) is 0 Å². The third-order valence-electron chi connectivity index (χ3n) is 5.93. The zero-order valence-corrected chi connectivity index (χ0v) is 16.9. The molecule has 150 valence electrons. The normalized spacial score (nSPS) is 23.2. The van der Waals surface area contributed by atoms with Gasteiger partial charge in [-0.3, -0.25) is 14.4 Å². The average molecular weight is 398 g/mol. The van der Waals surface area contributed by atoms with Crippen LogP contribution in [-0.2, 0) is 14.4 Å². The monoisotopic (exact) mass is 398 g/mol. The van der Waals surface area contributed by atoms with Crippen LogP contribution in [0, 0.1) is 19.8 Å². The lowest BCUT2D eigenvalue weighted by atomic mass is 9.90. The summed E-state index contributed by atoms with van der Waals surface area (Å²) in [6.07, 6.45) is -0.845. The van der Waals surface area contributed by atoms with E-state index >= 15 is 0 Å². The summed E-state index contributed by atoms with van der Waals surface area (Å²) in [6.45, 7) is 3.84. The van der Waals surface area contributed by atoms with E-state index in [0.717, 1.165) is 22.4 Å². The van der Waals surface area contributed by atoms with Gasteiger partial charge in [-0.05, 0) is 42.7 Å². The zero-order valence-electron chi connectivity index (χ0n) is 16.9. The molecule has 5 nitrogen and oxygen atoms in total. The van der Waals surface area contributed by atoms with Gasteiger partial charge in [-0.15, -0.1) is 0 Å². The van der Waals surface area contributed by atoms with E-state index in [2.05, 4.69) is 0 Å². The molecular weight excluding hydrogens is 376 g/mol. The third kappa shape index (κ3) is 2.74. The van der Waals surface area contributed by atoms with E-state index in [4.69, 9.17) is 4.84 Å². The number of fused-ring (bicyclic) bond motifs is 1. The second kappa shape index (κ2) is 7.11. The van der Waals surface area contributed by atoms with Crippen LogP contribution in [-0.4, -0.2) is 17.9 Å². The number of carbonyl (C=O) groups excluding carboxylic acids is 2. The minimum atomic E-state index is -0.845. The maximum absolute atomic E-state index is 13.7. The number of hydroxylamine groups is 1. The average Bonchev–Trinajstić information content (AvgIpc) is 3.27. The quantitative estimate of drug-likeness (QED) is 0.616. The lowest BCUT2D eigenvalue weighted by Gasteiger charge is -2.29. The van der Waals surface area contributed by atoms with Crippen molar-refractivity contribution in [2.75, 3.05) is 9.96 Å². The largest absolute Gasteiger partial charge is 0.273 e. The van der Waals surface area contributed by atoms with E-state index < -0.39 is 12.0 Å². The van der Waals surface area contributed by atoms with Crippen LogP contribution in [0.4, 0.5) is 11.4 Å². The van der Waals surface area contributed by atoms with Gasteiger partial charge in [0.15, 0.2) is 6.10 Å². The minimum absolute atomic E-state index is 0.213. The number of rotatable bonds is 3. The molecule has 3 aromatic rings. The van der Waals surface area contributed by atoms with Crippen LogP contribution in [0.3, 0.4) is 0 Å². The molecule has 5 rings (SSSR count).